The van der Waals surface area contributed by atoms with Crippen molar-refractivity contribution in [3.05, 3.63) is 54.4 Å². The first-order chi connectivity index (χ1) is 12.1. The van der Waals surface area contributed by atoms with Crippen LogP contribution in [0.5, 0.6) is 0 Å². The van der Waals surface area contributed by atoms with E-state index in [1.54, 1.807) is 12.4 Å². The third-order valence-electron chi connectivity index (χ3n) is 4.35. The van der Waals surface area contributed by atoms with Crippen LogP contribution in [0, 0.1) is 17.6 Å². The molecule has 3 N–H and O–H groups in total. The zero-order valence-corrected chi connectivity index (χ0v) is 13.8. The maximum absolute atomic E-state index is 13.6. The maximum atomic E-state index is 13.6. The zero-order chi connectivity index (χ0) is 17.6. The normalized spacial score (nSPS) is 16.1. The van der Waals surface area contributed by atoms with E-state index in [9.17, 15) is 8.78 Å². The molecule has 0 spiro atoms. The first-order valence-corrected chi connectivity index (χ1v) is 8.29. The molecule has 0 bridgehead atoms. The lowest BCUT2D eigenvalue weighted by Gasteiger charge is -2.33. The number of halogens is 2. The Morgan fingerprint density at radius 2 is 1.92 bits per heavy atom. The van der Waals surface area contributed by atoms with E-state index in [1.165, 1.54) is 5.69 Å². The van der Waals surface area contributed by atoms with E-state index in [0.717, 1.165) is 44.1 Å². The van der Waals surface area contributed by atoms with Crippen molar-refractivity contribution in [1.29, 1.82) is 0 Å². The van der Waals surface area contributed by atoms with Gasteiger partial charge in [0.05, 0.1) is 5.69 Å². The van der Waals surface area contributed by atoms with Gasteiger partial charge in [-0.15, -0.1) is 0 Å². The van der Waals surface area contributed by atoms with Gasteiger partial charge in [-0.3, -0.25) is 9.98 Å². The van der Waals surface area contributed by atoms with Crippen LogP contribution in [0.3, 0.4) is 0 Å². The largest absolute Gasteiger partial charge is 0.371 e. The Morgan fingerprint density at radius 1 is 1.20 bits per heavy atom. The lowest BCUT2D eigenvalue weighted by molar-refractivity contribution is 0.415. The second kappa shape index (κ2) is 7.92. The number of hydrogen-bond donors (Lipinski definition) is 2. The fraction of sp³-hybridized carbons (Fsp3) is 0.333. The first-order valence-electron chi connectivity index (χ1n) is 8.29. The van der Waals surface area contributed by atoms with Crippen molar-refractivity contribution in [2.45, 2.75) is 12.8 Å². The van der Waals surface area contributed by atoms with Crippen molar-refractivity contribution >= 4 is 17.3 Å². The molecule has 0 amide bonds. The number of rotatable bonds is 4. The summed E-state index contributed by atoms with van der Waals surface area (Å²) in [6, 6.07) is 7.19. The summed E-state index contributed by atoms with van der Waals surface area (Å²) in [5.74, 6) is -0.567. The van der Waals surface area contributed by atoms with E-state index < -0.39 is 11.6 Å². The predicted octanol–water partition coefficient (Wildman–Crippen LogP) is 3.00. The van der Waals surface area contributed by atoms with Crippen LogP contribution in [0.4, 0.5) is 20.2 Å². The molecule has 1 aliphatic heterocycles. The van der Waals surface area contributed by atoms with Crippen LogP contribution in [0.15, 0.2) is 47.7 Å². The number of aliphatic imine (C=N–C) groups is 1. The number of piperidine rings is 1. The minimum atomic E-state index is -0.565. The van der Waals surface area contributed by atoms with E-state index in [1.807, 2.05) is 12.1 Å². The molecule has 1 aromatic heterocycles. The number of guanidine groups is 1. The monoisotopic (exact) mass is 345 g/mol. The second-order valence-corrected chi connectivity index (χ2v) is 6.11. The van der Waals surface area contributed by atoms with Gasteiger partial charge in [0, 0.05) is 43.8 Å². The Kier molecular flexibility index (Phi) is 5.42. The maximum Gasteiger partial charge on any atom is 0.193 e. The minimum absolute atomic E-state index is 0.00578. The van der Waals surface area contributed by atoms with Crippen molar-refractivity contribution in [3.8, 4) is 0 Å². The molecule has 1 fully saturated rings. The molecule has 2 heterocycles. The van der Waals surface area contributed by atoms with Gasteiger partial charge in [0.25, 0.3) is 0 Å². The smallest absolute Gasteiger partial charge is 0.193 e. The molecular weight excluding hydrogens is 324 g/mol. The van der Waals surface area contributed by atoms with Gasteiger partial charge in [-0.1, -0.05) is 0 Å². The Balaban J connectivity index is 1.50. The molecule has 2 aromatic rings. The number of nitrogens with two attached hydrogens (primary N) is 1. The van der Waals surface area contributed by atoms with Crippen LogP contribution in [0.1, 0.15) is 12.8 Å². The standard InChI is InChI=1S/C18H21F2N5/c19-14-1-2-16(20)17(11-14)24-18(21)23-12-13-5-9-25(10-6-13)15-3-7-22-8-4-15/h1-4,7-8,11,13H,5-6,9-10,12H2,(H3,21,23,24). The summed E-state index contributed by atoms with van der Waals surface area (Å²) in [5, 5.41) is 2.62. The van der Waals surface area contributed by atoms with Crippen molar-refractivity contribution in [1.82, 2.24) is 4.98 Å². The third kappa shape index (κ3) is 4.65. The van der Waals surface area contributed by atoms with Crippen molar-refractivity contribution in [2.75, 3.05) is 29.9 Å². The van der Waals surface area contributed by atoms with Gasteiger partial charge in [0.2, 0.25) is 0 Å². The molecule has 1 saturated heterocycles. The number of aromatic nitrogens is 1. The molecule has 1 aromatic carbocycles. The molecule has 0 unspecified atom stereocenters. The van der Waals surface area contributed by atoms with Crippen LogP contribution in [-0.4, -0.2) is 30.6 Å². The highest BCUT2D eigenvalue weighted by Gasteiger charge is 2.19. The van der Waals surface area contributed by atoms with Gasteiger partial charge in [-0.2, -0.15) is 0 Å². The topological polar surface area (TPSA) is 66.5 Å². The molecule has 5 nitrogen and oxygen atoms in total. The summed E-state index contributed by atoms with van der Waals surface area (Å²) >= 11 is 0. The summed E-state index contributed by atoms with van der Waals surface area (Å²) in [4.78, 5) is 10.6. The fourth-order valence-electron chi connectivity index (χ4n) is 2.93. The Bertz CT molecular complexity index is 728. The molecule has 7 heteroatoms. The van der Waals surface area contributed by atoms with Crippen molar-refractivity contribution in [3.63, 3.8) is 0 Å². The molecule has 25 heavy (non-hydrogen) atoms. The number of hydrogen-bond acceptors (Lipinski definition) is 3. The van der Waals surface area contributed by atoms with Crippen LogP contribution < -0.4 is 16.0 Å². The minimum Gasteiger partial charge on any atom is -0.371 e. The SMILES string of the molecule is NC(=NCC1CCN(c2ccncc2)CC1)Nc1cc(F)ccc1F. The van der Waals surface area contributed by atoms with Crippen LogP contribution in [0.2, 0.25) is 0 Å². The number of anilines is 2. The molecule has 3 rings (SSSR count). The summed E-state index contributed by atoms with van der Waals surface area (Å²) in [6.07, 6.45) is 5.61. The molecular formula is C18H21F2N5. The van der Waals surface area contributed by atoms with Crippen LogP contribution >= 0.6 is 0 Å². The zero-order valence-electron chi connectivity index (χ0n) is 13.8. The van der Waals surface area contributed by atoms with Gasteiger partial charge in [0.1, 0.15) is 11.6 Å². The Hall–Kier alpha value is -2.70. The third-order valence-corrected chi connectivity index (χ3v) is 4.35. The van der Waals surface area contributed by atoms with Crippen molar-refractivity contribution in [2.24, 2.45) is 16.6 Å². The highest BCUT2D eigenvalue weighted by Crippen LogP contribution is 2.23. The number of nitrogens with zero attached hydrogens (tertiary/aromatic N) is 3. The molecule has 0 saturated carbocycles. The van der Waals surface area contributed by atoms with Crippen LogP contribution in [-0.2, 0) is 0 Å². The van der Waals surface area contributed by atoms with Gasteiger partial charge < -0.3 is 16.0 Å². The average molecular weight is 345 g/mol. The van der Waals surface area contributed by atoms with E-state index >= 15 is 0 Å². The first kappa shape index (κ1) is 17.1. The highest BCUT2D eigenvalue weighted by atomic mass is 19.1. The van der Waals surface area contributed by atoms with Gasteiger partial charge in [-0.05, 0) is 43.0 Å². The van der Waals surface area contributed by atoms with E-state index in [2.05, 4.69) is 20.2 Å². The lowest BCUT2D eigenvalue weighted by atomic mass is 9.97. The molecule has 0 atom stereocenters. The molecule has 0 radical (unpaired) electrons. The second-order valence-electron chi connectivity index (χ2n) is 6.11. The van der Waals surface area contributed by atoms with E-state index in [-0.39, 0.29) is 11.6 Å². The van der Waals surface area contributed by atoms with Gasteiger partial charge >= 0.3 is 0 Å². The summed E-state index contributed by atoms with van der Waals surface area (Å²) < 4.78 is 26.7. The summed E-state index contributed by atoms with van der Waals surface area (Å²) in [6.45, 7) is 2.48. The highest BCUT2D eigenvalue weighted by molar-refractivity contribution is 5.92. The molecule has 1 aliphatic rings. The lowest BCUT2D eigenvalue weighted by Crippen LogP contribution is -2.35. The quantitative estimate of drug-likeness (QED) is 0.660. The van der Waals surface area contributed by atoms with Gasteiger partial charge in [-0.25, -0.2) is 8.78 Å². The molecule has 0 aliphatic carbocycles. The Labute approximate surface area is 145 Å². The van der Waals surface area contributed by atoms with Crippen molar-refractivity contribution < 1.29 is 8.78 Å². The van der Waals surface area contributed by atoms with Gasteiger partial charge in [0.15, 0.2) is 5.96 Å². The average Bonchev–Trinajstić information content (AvgIpc) is 2.64. The summed E-state index contributed by atoms with van der Waals surface area (Å²) in [7, 11) is 0. The fourth-order valence-corrected chi connectivity index (χ4v) is 2.93. The number of pyridine rings is 1. The van der Waals surface area contributed by atoms with E-state index in [0.29, 0.717) is 12.5 Å². The predicted molar refractivity (Wildman–Crippen MR) is 95.6 cm³/mol. The summed E-state index contributed by atoms with van der Waals surface area (Å²) in [5.41, 5.74) is 6.97. The Morgan fingerprint density at radius 3 is 2.64 bits per heavy atom. The van der Waals surface area contributed by atoms with Crippen LogP contribution in [0.25, 0.3) is 0 Å². The van der Waals surface area contributed by atoms with E-state index in [4.69, 9.17) is 5.73 Å². The number of nitrogens with one attached hydrogen (secondary N) is 1. The molecule has 132 valence electrons. The number of benzene rings is 1.